The normalized spacial score (nSPS) is 17.3. The third kappa shape index (κ3) is 1.48. The fraction of sp³-hybridized carbons (Fsp3) is 0.385. The van der Waals surface area contributed by atoms with Crippen LogP contribution in [-0.2, 0) is 5.41 Å². The maximum atomic E-state index is 9.25. The van der Waals surface area contributed by atoms with Gasteiger partial charge in [-0.3, -0.25) is 0 Å². The monoisotopic (exact) mass is 237 g/mol. The minimum Gasteiger partial charge on any atom is -0.309 e. The van der Waals surface area contributed by atoms with Gasteiger partial charge in [-0.15, -0.1) is 0 Å². The SMILES string of the molecule is CC(C)(C)c1cn2c(c1C#N)N=C(C#N)C2C#N. The van der Waals surface area contributed by atoms with Gasteiger partial charge in [0, 0.05) is 6.20 Å². The first-order chi connectivity index (χ1) is 8.43. The van der Waals surface area contributed by atoms with E-state index in [2.05, 4.69) is 11.1 Å². The van der Waals surface area contributed by atoms with Crippen molar-refractivity contribution < 1.29 is 0 Å². The quantitative estimate of drug-likeness (QED) is 0.693. The van der Waals surface area contributed by atoms with E-state index >= 15 is 0 Å². The molecule has 0 amide bonds. The summed E-state index contributed by atoms with van der Waals surface area (Å²) in [5.41, 5.74) is 1.24. The Morgan fingerprint density at radius 1 is 1.22 bits per heavy atom. The molecule has 2 heterocycles. The Morgan fingerprint density at radius 3 is 2.33 bits per heavy atom. The van der Waals surface area contributed by atoms with Crippen LogP contribution in [-0.4, -0.2) is 10.3 Å². The molecule has 5 heteroatoms. The van der Waals surface area contributed by atoms with Crippen molar-refractivity contribution in [2.45, 2.75) is 32.2 Å². The number of aromatic nitrogens is 1. The summed E-state index contributed by atoms with van der Waals surface area (Å²) in [4.78, 5) is 4.10. The van der Waals surface area contributed by atoms with E-state index in [4.69, 9.17) is 10.5 Å². The summed E-state index contributed by atoms with van der Waals surface area (Å²) in [5, 5.41) is 27.3. The van der Waals surface area contributed by atoms with Gasteiger partial charge in [-0.2, -0.15) is 15.8 Å². The first-order valence-corrected chi connectivity index (χ1v) is 5.47. The van der Waals surface area contributed by atoms with Crippen LogP contribution in [0.25, 0.3) is 0 Å². The fourth-order valence-corrected chi connectivity index (χ4v) is 2.02. The first-order valence-electron chi connectivity index (χ1n) is 5.47. The first kappa shape index (κ1) is 11.9. The van der Waals surface area contributed by atoms with Crippen molar-refractivity contribution in [3.63, 3.8) is 0 Å². The lowest BCUT2D eigenvalue weighted by Crippen LogP contribution is -2.14. The zero-order chi connectivity index (χ0) is 13.5. The van der Waals surface area contributed by atoms with Gasteiger partial charge < -0.3 is 4.57 Å². The average molecular weight is 237 g/mol. The van der Waals surface area contributed by atoms with Gasteiger partial charge in [0.05, 0.1) is 6.07 Å². The second-order valence-corrected chi connectivity index (χ2v) is 5.15. The van der Waals surface area contributed by atoms with E-state index in [9.17, 15) is 5.26 Å². The van der Waals surface area contributed by atoms with Crippen molar-refractivity contribution in [2.75, 3.05) is 0 Å². The van der Waals surface area contributed by atoms with Crippen LogP contribution in [0.3, 0.4) is 0 Å². The van der Waals surface area contributed by atoms with Gasteiger partial charge in [-0.05, 0) is 11.0 Å². The molecule has 1 aromatic heterocycles. The number of rotatable bonds is 0. The minimum absolute atomic E-state index is 0.143. The summed E-state index contributed by atoms with van der Waals surface area (Å²) < 4.78 is 1.61. The number of fused-ring (bicyclic) bond motifs is 1. The van der Waals surface area contributed by atoms with Gasteiger partial charge in [-0.25, -0.2) is 4.99 Å². The molecule has 0 aliphatic carbocycles. The van der Waals surface area contributed by atoms with Crippen LogP contribution in [0.5, 0.6) is 0 Å². The molecule has 0 radical (unpaired) electrons. The Labute approximate surface area is 105 Å². The van der Waals surface area contributed by atoms with E-state index in [-0.39, 0.29) is 11.1 Å². The van der Waals surface area contributed by atoms with E-state index in [1.54, 1.807) is 10.8 Å². The highest BCUT2D eigenvalue weighted by Gasteiger charge is 2.33. The van der Waals surface area contributed by atoms with E-state index in [1.165, 1.54) is 0 Å². The summed E-state index contributed by atoms with van der Waals surface area (Å²) >= 11 is 0. The number of hydrogen-bond donors (Lipinski definition) is 0. The molecule has 18 heavy (non-hydrogen) atoms. The standard InChI is InChI=1S/C13H11N5/c1-13(2,3)9-7-18-11(6-16)10(5-15)17-12(18)8(9)4-14/h7,11H,1-3H3. The third-order valence-corrected chi connectivity index (χ3v) is 2.93. The van der Waals surface area contributed by atoms with Crippen LogP contribution >= 0.6 is 0 Å². The molecule has 1 aliphatic heterocycles. The number of nitriles is 3. The van der Waals surface area contributed by atoms with Crippen LogP contribution in [0.15, 0.2) is 11.2 Å². The van der Waals surface area contributed by atoms with Crippen molar-refractivity contribution in [1.29, 1.82) is 15.8 Å². The molecule has 0 fully saturated rings. The summed E-state index contributed by atoms with van der Waals surface area (Å²) in [6.45, 7) is 5.99. The second kappa shape index (κ2) is 3.72. The Kier molecular flexibility index (Phi) is 2.46. The molecule has 1 aliphatic rings. The minimum atomic E-state index is -0.715. The fourth-order valence-electron chi connectivity index (χ4n) is 2.02. The summed E-state index contributed by atoms with van der Waals surface area (Å²) in [7, 11) is 0. The lowest BCUT2D eigenvalue weighted by atomic mass is 9.86. The molecule has 0 bridgehead atoms. The largest absolute Gasteiger partial charge is 0.309 e. The van der Waals surface area contributed by atoms with Crippen molar-refractivity contribution in [1.82, 2.24) is 4.57 Å². The topological polar surface area (TPSA) is 88.7 Å². The predicted octanol–water partition coefficient (Wildman–Crippen LogP) is 2.33. The Morgan fingerprint density at radius 2 is 1.89 bits per heavy atom. The predicted molar refractivity (Wildman–Crippen MR) is 65.2 cm³/mol. The smallest absolute Gasteiger partial charge is 0.175 e. The number of hydrogen-bond acceptors (Lipinski definition) is 4. The van der Waals surface area contributed by atoms with Gasteiger partial charge in [0.15, 0.2) is 17.6 Å². The maximum absolute atomic E-state index is 9.25. The molecule has 0 saturated heterocycles. The van der Waals surface area contributed by atoms with Crippen LogP contribution in [0.1, 0.15) is 37.9 Å². The van der Waals surface area contributed by atoms with E-state index in [0.717, 1.165) is 5.56 Å². The molecule has 2 rings (SSSR count). The molecular formula is C13H11N5. The number of aliphatic imine (C=N–C) groups is 1. The van der Waals surface area contributed by atoms with Crippen LogP contribution in [0.4, 0.5) is 5.82 Å². The summed E-state index contributed by atoms with van der Waals surface area (Å²) in [5.74, 6) is 0.422. The van der Waals surface area contributed by atoms with Gasteiger partial charge in [0.25, 0.3) is 0 Å². The molecule has 0 N–H and O–H groups in total. The number of nitrogens with zero attached hydrogens (tertiary/aromatic N) is 5. The van der Waals surface area contributed by atoms with Crippen LogP contribution in [0, 0.1) is 34.0 Å². The molecule has 88 valence electrons. The van der Waals surface area contributed by atoms with Gasteiger partial charge in [0.2, 0.25) is 0 Å². The highest BCUT2D eigenvalue weighted by atomic mass is 15.2. The van der Waals surface area contributed by atoms with E-state index in [1.807, 2.05) is 32.9 Å². The lowest BCUT2D eigenvalue weighted by molar-refractivity contribution is 0.586. The molecule has 5 nitrogen and oxygen atoms in total. The lowest BCUT2D eigenvalue weighted by Gasteiger charge is -2.17. The second-order valence-electron chi connectivity index (χ2n) is 5.15. The van der Waals surface area contributed by atoms with Gasteiger partial charge >= 0.3 is 0 Å². The van der Waals surface area contributed by atoms with E-state index in [0.29, 0.717) is 11.4 Å². The molecule has 1 aromatic rings. The van der Waals surface area contributed by atoms with Crippen LogP contribution < -0.4 is 0 Å². The molecule has 1 unspecified atom stereocenters. The Hall–Kier alpha value is -2.58. The maximum Gasteiger partial charge on any atom is 0.175 e. The highest BCUT2D eigenvalue weighted by molar-refractivity contribution is 6.07. The molecule has 0 spiro atoms. The van der Waals surface area contributed by atoms with Crippen molar-refractivity contribution in [3.05, 3.63) is 17.3 Å². The van der Waals surface area contributed by atoms with Crippen LogP contribution in [0.2, 0.25) is 0 Å². The molecule has 0 aromatic carbocycles. The summed E-state index contributed by atoms with van der Waals surface area (Å²) in [6, 6.07) is 5.35. The molecule has 1 atom stereocenters. The Bertz CT molecular complexity index is 664. The van der Waals surface area contributed by atoms with Crippen molar-refractivity contribution in [2.24, 2.45) is 4.99 Å². The van der Waals surface area contributed by atoms with Crippen molar-refractivity contribution in [3.8, 4) is 18.2 Å². The highest BCUT2D eigenvalue weighted by Crippen LogP contribution is 2.39. The molecule has 0 saturated carbocycles. The third-order valence-electron chi connectivity index (χ3n) is 2.93. The van der Waals surface area contributed by atoms with E-state index < -0.39 is 6.04 Å². The summed E-state index contributed by atoms with van der Waals surface area (Å²) in [6.07, 6.45) is 1.76. The Balaban J connectivity index is 2.73. The van der Waals surface area contributed by atoms with Crippen molar-refractivity contribution >= 4 is 11.5 Å². The van der Waals surface area contributed by atoms with Gasteiger partial charge in [0.1, 0.15) is 17.7 Å². The zero-order valence-electron chi connectivity index (χ0n) is 10.4. The zero-order valence-corrected chi connectivity index (χ0v) is 10.4. The molecular weight excluding hydrogens is 226 g/mol. The average Bonchev–Trinajstić information content (AvgIpc) is 2.81. The van der Waals surface area contributed by atoms with Gasteiger partial charge in [-0.1, -0.05) is 20.8 Å².